The molecule has 4 N–H and O–H groups in total. The van der Waals surface area contributed by atoms with Crippen LogP contribution in [0.5, 0.6) is 0 Å². The summed E-state index contributed by atoms with van der Waals surface area (Å²) >= 11 is 5.92. The van der Waals surface area contributed by atoms with Gasteiger partial charge in [-0.3, -0.25) is 4.79 Å². The zero-order chi connectivity index (χ0) is 12.4. The number of halogens is 1. The van der Waals surface area contributed by atoms with Gasteiger partial charge in [-0.15, -0.1) is 0 Å². The lowest BCUT2D eigenvalue weighted by molar-refractivity contribution is -0.122. The van der Waals surface area contributed by atoms with E-state index < -0.39 is 0 Å². The van der Waals surface area contributed by atoms with Crippen molar-refractivity contribution in [3.05, 3.63) is 28.8 Å². The number of rotatable bonds is 2. The molecule has 0 aromatic heterocycles. The second kappa shape index (κ2) is 4.73. The molecule has 6 heteroatoms. The van der Waals surface area contributed by atoms with Gasteiger partial charge in [0.05, 0.1) is 23.0 Å². The summed E-state index contributed by atoms with van der Waals surface area (Å²) in [7, 11) is 0. The van der Waals surface area contributed by atoms with Crippen LogP contribution in [0.2, 0.25) is 5.02 Å². The highest BCUT2D eigenvalue weighted by Crippen LogP contribution is 2.23. The summed E-state index contributed by atoms with van der Waals surface area (Å²) in [5, 5.41) is 13.6. The molecule has 1 aromatic carbocycles. The normalized spacial score (nSPS) is 19.8. The van der Waals surface area contributed by atoms with Gasteiger partial charge in [-0.25, -0.2) is 5.43 Å². The van der Waals surface area contributed by atoms with Crippen LogP contribution in [0.3, 0.4) is 0 Å². The summed E-state index contributed by atoms with van der Waals surface area (Å²) in [4.78, 5) is 11.2. The fourth-order valence-corrected chi connectivity index (χ4v) is 1.90. The Hall–Kier alpha value is -1.59. The Kier molecular flexibility index (Phi) is 3.31. The van der Waals surface area contributed by atoms with Crippen molar-refractivity contribution in [2.24, 2.45) is 11.0 Å². The molecule has 0 radical (unpaired) electrons. The molecule has 1 aromatic rings. The van der Waals surface area contributed by atoms with Crippen molar-refractivity contribution in [2.75, 3.05) is 12.3 Å². The fraction of sp³-hybridized carbons (Fsp3) is 0.273. The molecular formula is C11H12ClN3O2. The van der Waals surface area contributed by atoms with E-state index in [0.717, 1.165) is 5.56 Å². The smallest absolute Gasteiger partial charge is 0.240 e. The number of nitrogens with two attached hydrogens (primary N) is 1. The highest BCUT2D eigenvalue weighted by molar-refractivity contribution is 6.33. The molecular weight excluding hydrogens is 242 g/mol. The van der Waals surface area contributed by atoms with Crippen LogP contribution in [0.15, 0.2) is 23.3 Å². The molecule has 5 nitrogen and oxygen atoms in total. The van der Waals surface area contributed by atoms with Gasteiger partial charge in [-0.2, -0.15) is 5.10 Å². The lowest BCUT2D eigenvalue weighted by Gasteiger charge is -2.21. The Bertz CT molecular complexity index is 488. The van der Waals surface area contributed by atoms with Gasteiger partial charge in [-0.1, -0.05) is 17.7 Å². The van der Waals surface area contributed by atoms with Gasteiger partial charge < -0.3 is 10.8 Å². The van der Waals surface area contributed by atoms with Gasteiger partial charge >= 0.3 is 0 Å². The molecule has 0 fully saturated rings. The molecule has 1 aliphatic rings. The van der Waals surface area contributed by atoms with E-state index >= 15 is 0 Å². The second-order valence-electron chi connectivity index (χ2n) is 3.85. The first-order chi connectivity index (χ1) is 8.11. The Morgan fingerprint density at radius 2 is 2.35 bits per heavy atom. The number of carbonyl (C=O) groups excluding carboxylic acids is 1. The summed E-state index contributed by atoms with van der Waals surface area (Å²) < 4.78 is 0. The molecule has 0 saturated heterocycles. The number of carbonyl (C=O) groups is 1. The number of hydrogen-bond acceptors (Lipinski definition) is 4. The summed E-state index contributed by atoms with van der Waals surface area (Å²) in [6, 6.07) is 5.11. The maximum Gasteiger partial charge on any atom is 0.240 e. The minimum Gasteiger partial charge on any atom is -0.398 e. The van der Waals surface area contributed by atoms with E-state index in [1.165, 1.54) is 0 Å². The molecule has 1 amide bonds. The molecule has 1 unspecified atom stereocenters. The summed E-state index contributed by atoms with van der Waals surface area (Å²) in [5.74, 6) is -0.502. The third-order valence-corrected chi connectivity index (χ3v) is 2.96. The lowest BCUT2D eigenvalue weighted by Crippen LogP contribution is -2.35. The summed E-state index contributed by atoms with van der Waals surface area (Å²) in [5.41, 5.74) is 9.86. The van der Waals surface area contributed by atoms with Gasteiger partial charge in [0.25, 0.3) is 0 Å². The average Bonchev–Trinajstić information content (AvgIpc) is 2.32. The van der Waals surface area contributed by atoms with E-state index in [2.05, 4.69) is 10.5 Å². The second-order valence-corrected chi connectivity index (χ2v) is 4.26. The first-order valence-electron chi connectivity index (χ1n) is 5.14. The van der Waals surface area contributed by atoms with E-state index in [-0.39, 0.29) is 24.9 Å². The van der Waals surface area contributed by atoms with Gasteiger partial charge in [-0.05, 0) is 17.7 Å². The molecule has 1 atom stereocenters. The molecule has 17 heavy (non-hydrogen) atoms. The number of hydrazone groups is 1. The third kappa shape index (κ3) is 2.40. The zero-order valence-electron chi connectivity index (χ0n) is 8.98. The average molecular weight is 254 g/mol. The van der Waals surface area contributed by atoms with Crippen LogP contribution in [0.25, 0.3) is 0 Å². The van der Waals surface area contributed by atoms with Crippen LogP contribution in [0, 0.1) is 5.92 Å². The maximum absolute atomic E-state index is 11.2. The topological polar surface area (TPSA) is 87.7 Å². The van der Waals surface area contributed by atoms with Crippen molar-refractivity contribution in [1.29, 1.82) is 0 Å². The van der Waals surface area contributed by atoms with Crippen molar-refractivity contribution < 1.29 is 9.90 Å². The van der Waals surface area contributed by atoms with Crippen LogP contribution >= 0.6 is 11.6 Å². The van der Waals surface area contributed by atoms with Crippen molar-refractivity contribution in [2.45, 2.75) is 6.42 Å². The van der Waals surface area contributed by atoms with Crippen molar-refractivity contribution in [3.8, 4) is 0 Å². The first kappa shape index (κ1) is 11.9. The Morgan fingerprint density at radius 1 is 1.59 bits per heavy atom. The van der Waals surface area contributed by atoms with Gasteiger partial charge in [0, 0.05) is 12.3 Å². The van der Waals surface area contributed by atoms with Crippen LogP contribution < -0.4 is 11.2 Å². The molecule has 1 heterocycles. The molecule has 0 saturated carbocycles. The zero-order valence-corrected chi connectivity index (χ0v) is 9.74. The fourth-order valence-electron chi connectivity index (χ4n) is 1.72. The van der Waals surface area contributed by atoms with E-state index in [9.17, 15) is 9.90 Å². The number of benzene rings is 1. The quantitative estimate of drug-likeness (QED) is 0.680. The largest absolute Gasteiger partial charge is 0.398 e. The molecule has 2 rings (SSSR count). The Balaban J connectivity index is 2.37. The highest BCUT2D eigenvalue weighted by atomic mass is 35.5. The third-order valence-electron chi connectivity index (χ3n) is 2.64. The predicted octanol–water partition coefficient (Wildman–Crippen LogP) is 0.755. The number of aliphatic hydroxyl groups excluding tert-OH is 1. The molecule has 0 bridgehead atoms. The first-order valence-corrected chi connectivity index (χ1v) is 5.52. The van der Waals surface area contributed by atoms with Crippen LogP contribution in [-0.2, 0) is 4.79 Å². The number of nitrogens with zero attached hydrogens (tertiary/aromatic N) is 1. The Labute approximate surface area is 103 Å². The summed E-state index contributed by atoms with van der Waals surface area (Å²) in [6.45, 7) is -0.131. The van der Waals surface area contributed by atoms with E-state index in [1.54, 1.807) is 18.2 Å². The van der Waals surface area contributed by atoms with E-state index in [1.807, 2.05) is 0 Å². The van der Waals surface area contributed by atoms with Crippen LogP contribution in [0.1, 0.15) is 12.0 Å². The number of amides is 1. The molecule has 90 valence electrons. The standard InChI is InChI=1S/C11H12ClN3O2/c12-8-3-6(1-2-9(8)13)11-7(5-16)4-10(17)14-15-11/h1-3,7,16H,4-5,13H2,(H,14,17). The highest BCUT2D eigenvalue weighted by Gasteiger charge is 2.25. The maximum atomic E-state index is 11.2. The van der Waals surface area contributed by atoms with Crippen molar-refractivity contribution >= 4 is 28.9 Å². The number of aliphatic hydroxyl groups is 1. The van der Waals surface area contributed by atoms with Crippen LogP contribution in [-0.4, -0.2) is 23.3 Å². The van der Waals surface area contributed by atoms with Gasteiger partial charge in [0.15, 0.2) is 0 Å². The minimum absolute atomic E-state index is 0.131. The SMILES string of the molecule is Nc1ccc(C2=NNC(=O)CC2CO)cc1Cl. The Morgan fingerprint density at radius 3 is 3.00 bits per heavy atom. The number of hydrogen-bond donors (Lipinski definition) is 3. The van der Waals surface area contributed by atoms with Crippen molar-refractivity contribution in [3.63, 3.8) is 0 Å². The number of anilines is 1. The number of nitrogens with one attached hydrogen (secondary N) is 1. The van der Waals surface area contributed by atoms with Crippen molar-refractivity contribution in [1.82, 2.24) is 5.43 Å². The molecule has 1 aliphatic heterocycles. The monoisotopic (exact) mass is 253 g/mol. The van der Waals surface area contributed by atoms with Crippen LogP contribution in [0.4, 0.5) is 5.69 Å². The predicted molar refractivity (Wildman–Crippen MR) is 65.7 cm³/mol. The van der Waals surface area contributed by atoms with Gasteiger partial charge in [0.2, 0.25) is 5.91 Å². The lowest BCUT2D eigenvalue weighted by atomic mass is 9.93. The van der Waals surface area contributed by atoms with Gasteiger partial charge in [0.1, 0.15) is 0 Å². The van der Waals surface area contributed by atoms with E-state index in [0.29, 0.717) is 16.4 Å². The molecule has 0 spiro atoms. The van der Waals surface area contributed by atoms with E-state index in [4.69, 9.17) is 17.3 Å². The summed E-state index contributed by atoms with van der Waals surface area (Å²) in [6.07, 6.45) is 0.220. The minimum atomic E-state index is -0.302. The number of nitrogen functional groups attached to an aromatic ring is 1. The molecule has 0 aliphatic carbocycles.